The fourth-order valence-electron chi connectivity index (χ4n) is 3.37. The maximum absolute atomic E-state index is 12.3. The molecule has 2 fully saturated rings. The van der Waals surface area contributed by atoms with Crippen LogP contribution in [0.25, 0.3) is 0 Å². The molecule has 0 bridgehead atoms. The SMILES string of the molecule is CC1CC(N)CN(CC(=O)N2CCCC(C(N)=O)C2)C1. The van der Waals surface area contributed by atoms with Crippen LogP contribution in [0.5, 0.6) is 0 Å². The number of rotatable bonds is 3. The van der Waals surface area contributed by atoms with Crippen molar-refractivity contribution >= 4 is 11.8 Å². The Kier molecular flexibility index (Phi) is 4.99. The minimum Gasteiger partial charge on any atom is -0.369 e. The van der Waals surface area contributed by atoms with E-state index < -0.39 is 0 Å². The van der Waals surface area contributed by atoms with Gasteiger partial charge in [-0.25, -0.2) is 0 Å². The molecule has 4 N–H and O–H groups in total. The Morgan fingerprint density at radius 1 is 1.25 bits per heavy atom. The van der Waals surface area contributed by atoms with Crippen LogP contribution in [0.1, 0.15) is 26.2 Å². The maximum Gasteiger partial charge on any atom is 0.236 e. The molecule has 0 aromatic carbocycles. The van der Waals surface area contributed by atoms with Gasteiger partial charge in [0, 0.05) is 32.2 Å². The summed E-state index contributed by atoms with van der Waals surface area (Å²) in [5.41, 5.74) is 11.4. The summed E-state index contributed by atoms with van der Waals surface area (Å²) in [4.78, 5) is 27.5. The van der Waals surface area contributed by atoms with Crippen molar-refractivity contribution in [2.24, 2.45) is 23.3 Å². The molecule has 0 radical (unpaired) electrons. The first-order valence-corrected chi connectivity index (χ1v) is 7.50. The molecule has 6 heteroatoms. The number of carbonyl (C=O) groups is 2. The van der Waals surface area contributed by atoms with Gasteiger partial charge < -0.3 is 16.4 Å². The number of amides is 2. The van der Waals surface area contributed by atoms with Crippen molar-refractivity contribution in [1.82, 2.24) is 9.80 Å². The zero-order valence-corrected chi connectivity index (χ0v) is 12.3. The molecule has 3 unspecified atom stereocenters. The van der Waals surface area contributed by atoms with Crippen LogP contribution in [0.15, 0.2) is 0 Å². The minimum absolute atomic E-state index is 0.0947. The average molecular weight is 282 g/mol. The number of hydrogen-bond donors (Lipinski definition) is 2. The van der Waals surface area contributed by atoms with Gasteiger partial charge >= 0.3 is 0 Å². The van der Waals surface area contributed by atoms with Gasteiger partial charge in [0.05, 0.1) is 12.5 Å². The summed E-state index contributed by atoms with van der Waals surface area (Å²) in [5.74, 6) is 0.148. The Morgan fingerprint density at radius 3 is 2.65 bits per heavy atom. The Labute approximate surface area is 120 Å². The quantitative estimate of drug-likeness (QED) is 0.721. The second-order valence-electron chi connectivity index (χ2n) is 6.38. The van der Waals surface area contributed by atoms with Crippen LogP contribution in [0.3, 0.4) is 0 Å². The van der Waals surface area contributed by atoms with Crippen LogP contribution in [-0.2, 0) is 9.59 Å². The molecule has 114 valence electrons. The van der Waals surface area contributed by atoms with Crippen molar-refractivity contribution in [3.05, 3.63) is 0 Å². The second-order valence-corrected chi connectivity index (χ2v) is 6.38. The second kappa shape index (κ2) is 6.54. The molecule has 6 nitrogen and oxygen atoms in total. The molecular formula is C14H26N4O2. The van der Waals surface area contributed by atoms with Gasteiger partial charge in [-0.2, -0.15) is 0 Å². The third-order valence-corrected chi connectivity index (χ3v) is 4.30. The largest absolute Gasteiger partial charge is 0.369 e. The minimum atomic E-state index is -0.295. The van der Waals surface area contributed by atoms with Gasteiger partial charge in [0.2, 0.25) is 11.8 Å². The number of nitrogens with zero attached hydrogens (tertiary/aromatic N) is 2. The Bertz CT molecular complexity index is 364. The number of likely N-dealkylation sites (tertiary alicyclic amines) is 2. The number of primary amides is 1. The lowest BCUT2D eigenvalue weighted by atomic mass is 9.96. The summed E-state index contributed by atoms with van der Waals surface area (Å²) in [6.07, 6.45) is 2.68. The standard InChI is InChI=1S/C14H26N4O2/c1-10-5-12(15)8-17(6-10)9-13(19)18-4-2-3-11(7-18)14(16)20/h10-12H,2-9,15H2,1H3,(H2,16,20). The predicted octanol–water partition coefficient (Wildman–Crippen LogP) is -0.621. The van der Waals surface area contributed by atoms with E-state index in [-0.39, 0.29) is 23.8 Å². The highest BCUT2D eigenvalue weighted by atomic mass is 16.2. The summed E-state index contributed by atoms with van der Waals surface area (Å²) in [5, 5.41) is 0. The average Bonchev–Trinajstić information content (AvgIpc) is 2.37. The highest BCUT2D eigenvalue weighted by molar-refractivity contribution is 5.81. The maximum atomic E-state index is 12.3. The van der Waals surface area contributed by atoms with E-state index in [2.05, 4.69) is 11.8 Å². The number of carbonyl (C=O) groups excluding carboxylic acids is 2. The molecule has 3 atom stereocenters. The monoisotopic (exact) mass is 282 g/mol. The molecule has 0 spiro atoms. The number of piperidine rings is 2. The molecule has 0 aromatic rings. The molecule has 2 rings (SSSR count). The van der Waals surface area contributed by atoms with Crippen molar-refractivity contribution in [2.45, 2.75) is 32.2 Å². The van der Waals surface area contributed by atoms with Crippen LogP contribution in [0, 0.1) is 11.8 Å². The highest BCUT2D eigenvalue weighted by Crippen LogP contribution is 2.18. The van der Waals surface area contributed by atoms with Crippen molar-refractivity contribution in [3.63, 3.8) is 0 Å². The van der Waals surface area contributed by atoms with Gasteiger partial charge in [-0.15, -0.1) is 0 Å². The molecule has 2 aliphatic heterocycles. The lowest BCUT2D eigenvalue weighted by Gasteiger charge is -2.37. The van der Waals surface area contributed by atoms with E-state index >= 15 is 0 Å². The topological polar surface area (TPSA) is 92.7 Å². The number of hydrogen-bond acceptors (Lipinski definition) is 4. The first kappa shape index (κ1) is 15.3. The molecule has 0 saturated carbocycles. The van der Waals surface area contributed by atoms with Crippen LogP contribution in [-0.4, -0.2) is 60.4 Å². The molecule has 20 heavy (non-hydrogen) atoms. The van der Waals surface area contributed by atoms with Crippen molar-refractivity contribution < 1.29 is 9.59 Å². The van der Waals surface area contributed by atoms with Crippen molar-refractivity contribution in [3.8, 4) is 0 Å². The summed E-state index contributed by atoms with van der Waals surface area (Å²) in [7, 11) is 0. The normalized spacial score (nSPS) is 32.1. The van der Waals surface area contributed by atoms with E-state index in [1.165, 1.54) is 0 Å². The first-order valence-electron chi connectivity index (χ1n) is 7.50. The molecule has 2 heterocycles. The third kappa shape index (κ3) is 3.93. The lowest BCUT2D eigenvalue weighted by Crippen LogP contribution is -2.52. The lowest BCUT2D eigenvalue weighted by molar-refractivity contribution is -0.136. The first-order chi connectivity index (χ1) is 9.45. The van der Waals surface area contributed by atoms with Crippen LogP contribution < -0.4 is 11.5 Å². The van der Waals surface area contributed by atoms with Gasteiger partial charge in [-0.05, 0) is 25.2 Å². The molecular weight excluding hydrogens is 256 g/mol. The Hall–Kier alpha value is -1.14. The Balaban J connectivity index is 1.86. The van der Waals surface area contributed by atoms with Gasteiger partial charge in [0.1, 0.15) is 0 Å². The van der Waals surface area contributed by atoms with Crippen LogP contribution in [0.4, 0.5) is 0 Å². The zero-order chi connectivity index (χ0) is 14.7. The van der Waals surface area contributed by atoms with E-state index in [1.54, 1.807) is 4.90 Å². The predicted molar refractivity (Wildman–Crippen MR) is 76.7 cm³/mol. The third-order valence-electron chi connectivity index (χ3n) is 4.30. The molecule has 2 amide bonds. The highest BCUT2D eigenvalue weighted by Gasteiger charge is 2.29. The van der Waals surface area contributed by atoms with E-state index in [1.807, 2.05) is 0 Å². The molecule has 0 aliphatic carbocycles. The van der Waals surface area contributed by atoms with E-state index in [4.69, 9.17) is 11.5 Å². The zero-order valence-electron chi connectivity index (χ0n) is 12.3. The smallest absolute Gasteiger partial charge is 0.236 e. The van der Waals surface area contributed by atoms with Crippen molar-refractivity contribution in [2.75, 3.05) is 32.7 Å². The van der Waals surface area contributed by atoms with Gasteiger partial charge in [0.15, 0.2) is 0 Å². The van der Waals surface area contributed by atoms with Crippen LogP contribution >= 0.6 is 0 Å². The summed E-state index contributed by atoms with van der Waals surface area (Å²) in [6, 6.07) is 0.159. The molecule has 2 saturated heterocycles. The Morgan fingerprint density at radius 2 is 2.00 bits per heavy atom. The molecule has 0 aromatic heterocycles. The van der Waals surface area contributed by atoms with Gasteiger partial charge in [0.25, 0.3) is 0 Å². The summed E-state index contributed by atoms with van der Waals surface area (Å²) in [6.45, 7) is 5.49. The fraction of sp³-hybridized carbons (Fsp3) is 0.857. The van der Waals surface area contributed by atoms with Gasteiger partial charge in [-0.1, -0.05) is 6.92 Å². The van der Waals surface area contributed by atoms with Crippen molar-refractivity contribution in [1.29, 1.82) is 0 Å². The van der Waals surface area contributed by atoms with E-state index in [9.17, 15) is 9.59 Å². The van der Waals surface area contributed by atoms with Gasteiger partial charge in [-0.3, -0.25) is 14.5 Å². The molecule has 2 aliphatic rings. The van der Waals surface area contributed by atoms with Crippen LogP contribution in [0.2, 0.25) is 0 Å². The van der Waals surface area contributed by atoms with E-state index in [0.29, 0.717) is 19.0 Å². The van der Waals surface area contributed by atoms with E-state index in [0.717, 1.165) is 38.9 Å². The summed E-state index contributed by atoms with van der Waals surface area (Å²) < 4.78 is 0. The fourth-order valence-corrected chi connectivity index (χ4v) is 3.37. The summed E-state index contributed by atoms with van der Waals surface area (Å²) >= 11 is 0. The number of nitrogens with two attached hydrogens (primary N) is 2.